The molecule has 0 unspecified atom stereocenters. The molecule has 2 nitrogen and oxygen atoms in total. The summed E-state index contributed by atoms with van der Waals surface area (Å²) >= 11 is 6.63. The zero-order valence-corrected chi connectivity index (χ0v) is 13.2. The molecule has 0 saturated heterocycles. The highest BCUT2D eigenvalue weighted by atomic mass is 35.5. The molecular formula is C17H21ClN2. The number of rotatable bonds is 1. The highest BCUT2D eigenvalue weighted by molar-refractivity contribution is 6.30. The Morgan fingerprint density at radius 2 is 1.65 bits per heavy atom. The van der Waals surface area contributed by atoms with Gasteiger partial charge >= 0.3 is 0 Å². The first-order valence-electron chi connectivity index (χ1n) is 7.42. The average molecular weight is 289 g/mol. The number of hydrogen-bond donors (Lipinski definition) is 0. The lowest BCUT2D eigenvalue weighted by molar-refractivity contribution is 0.693. The van der Waals surface area contributed by atoms with Gasteiger partial charge < -0.3 is 0 Å². The Labute approximate surface area is 125 Å². The highest BCUT2D eigenvalue weighted by Gasteiger charge is 2.20. The molecule has 0 bridgehead atoms. The molecule has 0 saturated carbocycles. The monoisotopic (exact) mass is 288 g/mol. The minimum atomic E-state index is 0.817. The van der Waals surface area contributed by atoms with Gasteiger partial charge in [0.25, 0.3) is 0 Å². The largest absolute Gasteiger partial charge is 0.221 e. The second kappa shape index (κ2) is 5.25. The van der Waals surface area contributed by atoms with Crippen LogP contribution < -0.4 is 0 Å². The summed E-state index contributed by atoms with van der Waals surface area (Å²) in [7, 11) is 0. The van der Waals surface area contributed by atoms with Gasteiger partial charge in [0, 0.05) is 5.56 Å². The summed E-state index contributed by atoms with van der Waals surface area (Å²) in [5.41, 5.74) is 7.38. The van der Waals surface area contributed by atoms with Crippen molar-refractivity contribution in [1.82, 2.24) is 9.78 Å². The van der Waals surface area contributed by atoms with Crippen molar-refractivity contribution in [2.75, 3.05) is 0 Å². The highest BCUT2D eigenvalue weighted by Crippen LogP contribution is 2.31. The Balaban J connectivity index is 2.17. The van der Waals surface area contributed by atoms with Crippen molar-refractivity contribution in [3.05, 3.63) is 45.2 Å². The van der Waals surface area contributed by atoms with Gasteiger partial charge in [-0.25, -0.2) is 4.68 Å². The fourth-order valence-electron chi connectivity index (χ4n) is 3.35. The SMILES string of the molecule is Cc1cc(C)c(-n2nc3c(c2Cl)CCCCC3)c(C)c1. The van der Waals surface area contributed by atoms with E-state index in [1.165, 1.54) is 47.2 Å². The van der Waals surface area contributed by atoms with Crippen LogP contribution in [-0.4, -0.2) is 9.78 Å². The van der Waals surface area contributed by atoms with E-state index in [0.717, 1.165) is 23.7 Å². The molecule has 106 valence electrons. The van der Waals surface area contributed by atoms with Gasteiger partial charge in [-0.05, 0) is 57.6 Å². The van der Waals surface area contributed by atoms with E-state index in [4.69, 9.17) is 16.7 Å². The van der Waals surface area contributed by atoms with Crippen LogP contribution in [0.15, 0.2) is 12.1 Å². The molecule has 3 rings (SSSR count). The fraction of sp³-hybridized carbons (Fsp3) is 0.471. The Morgan fingerprint density at radius 1 is 1.00 bits per heavy atom. The minimum absolute atomic E-state index is 0.817. The first kappa shape index (κ1) is 13.7. The molecule has 1 aliphatic rings. The summed E-state index contributed by atoms with van der Waals surface area (Å²) in [5.74, 6) is 0. The van der Waals surface area contributed by atoms with Crippen molar-refractivity contribution < 1.29 is 0 Å². The summed E-state index contributed by atoms with van der Waals surface area (Å²) in [4.78, 5) is 0. The predicted octanol–water partition coefficient (Wildman–Crippen LogP) is 4.72. The average Bonchev–Trinajstić information content (AvgIpc) is 2.57. The summed E-state index contributed by atoms with van der Waals surface area (Å²) in [6.45, 7) is 6.40. The molecule has 20 heavy (non-hydrogen) atoms. The van der Waals surface area contributed by atoms with Gasteiger partial charge in [-0.1, -0.05) is 35.7 Å². The molecule has 0 amide bonds. The number of nitrogens with zero attached hydrogens (tertiary/aromatic N) is 2. The zero-order valence-electron chi connectivity index (χ0n) is 12.5. The van der Waals surface area contributed by atoms with Crippen molar-refractivity contribution >= 4 is 11.6 Å². The van der Waals surface area contributed by atoms with Crippen molar-refractivity contribution in [2.24, 2.45) is 0 Å². The lowest BCUT2D eigenvalue weighted by atomic mass is 10.1. The molecule has 1 aromatic heterocycles. The smallest absolute Gasteiger partial charge is 0.136 e. The molecule has 1 heterocycles. The summed E-state index contributed by atoms with van der Waals surface area (Å²) < 4.78 is 1.96. The van der Waals surface area contributed by atoms with Gasteiger partial charge in [0.05, 0.1) is 11.4 Å². The van der Waals surface area contributed by atoms with Crippen molar-refractivity contribution in [3.63, 3.8) is 0 Å². The van der Waals surface area contributed by atoms with Crippen LogP contribution in [0.5, 0.6) is 0 Å². The van der Waals surface area contributed by atoms with Gasteiger partial charge in [-0.15, -0.1) is 0 Å². The number of benzene rings is 1. The van der Waals surface area contributed by atoms with Gasteiger partial charge in [0.15, 0.2) is 0 Å². The Morgan fingerprint density at radius 3 is 2.35 bits per heavy atom. The van der Waals surface area contributed by atoms with E-state index in [0.29, 0.717) is 0 Å². The Kier molecular flexibility index (Phi) is 3.59. The van der Waals surface area contributed by atoms with Gasteiger partial charge in [-0.2, -0.15) is 5.10 Å². The van der Waals surface area contributed by atoms with Gasteiger partial charge in [0.2, 0.25) is 0 Å². The number of fused-ring (bicyclic) bond motifs is 1. The molecule has 2 aromatic rings. The molecule has 0 atom stereocenters. The van der Waals surface area contributed by atoms with Gasteiger partial charge in [-0.3, -0.25) is 0 Å². The van der Waals surface area contributed by atoms with E-state index in [1.807, 2.05) is 4.68 Å². The summed E-state index contributed by atoms with van der Waals surface area (Å²) in [6, 6.07) is 4.40. The van der Waals surface area contributed by atoms with Crippen LogP contribution in [0.1, 0.15) is 47.2 Å². The van der Waals surface area contributed by atoms with E-state index < -0.39 is 0 Å². The topological polar surface area (TPSA) is 17.8 Å². The maximum Gasteiger partial charge on any atom is 0.136 e. The number of hydrogen-bond acceptors (Lipinski definition) is 1. The quantitative estimate of drug-likeness (QED) is 0.694. The maximum atomic E-state index is 6.63. The minimum Gasteiger partial charge on any atom is -0.221 e. The fourth-order valence-corrected chi connectivity index (χ4v) is 3.67. The van der Waals surface area contributed by atoms with E-state index in [9.17, 15) is 0 Å². The van der Waals surface area contributed by atoms with Crippen molar-refractivity contribution in [2.45, 2.75) is 52.9 Å². The molecule has 0 fully saturated rings. The van der Waals surface area contributed by atoms with Gasteiger partial charge in [0.1, 0.15) is 5.15 Å². The van der Waals surface area contributed by atoms with Crippen LogP contribution in [0.4, 0.5) is 0 Å². The second-order valence-electron chi connectivity index (χ2n) is 5.94. The van der Waals surface area contributed by atoms with Crippen LogP contribution in [0, 0.1) is 20.8 Å². The van der Waals surface area contributed by atoms with Crippen molar-refractivity contribution in [1.29, 1.82) is 0 Å². The maximum absolute atomic E-state index is 6.63. The molecule has 0 spiro atoms. The van der Waals surface area contributed by atoms with Crippen LogP contribution in [0.3, 0.4) is 0 Å². The summed E-state index contributed by atoms with van der Waals surface area (Å²) in [6.07, 6.45) is 5.87. The predicted molar refractivity (Wildman–Crippen MR) is 84.0 cm³/mol. The van der Waals surface area contributed by atoms with E-state index in [2.05, 4.69) is 32.9 Å². The Hall–Kier alpha value is -1.28. The van der Waals surface area contributed by atoms with Crippen LogP contribution in [-0.2, 0) is 12.8 Å². The third kappa shape index (κ3) is 2.26. The molecule has 0 aliphatic heterocycles. The number of aryl methyl sites for hydroxylation is 4. The normalized spacial score (nSPS) is 15.0. The second-order valence-corrected chi connectivity index (χ2v) is 6.29. The molecule has 0 N–H and O–H groups in total. The van der Waals surface area contributed by atoms with E-state index >= 15 is 0 Å². The lowest BCUT2D eigenvalue weighted by Gasteiger charge is -2.12. The molecule has 0 radical (unpaired) electrons. The Bertz CT molecular complexity index is 632. The van der Waals surface area contributed by atoms with Crippen molar-refractivity contribution in [3.8, 4) is 5.69 Å². The molecule has 1 aliphatic carbocycles. The zero-order chi connectivity index (χ0) is 14.3. The third-order valence-electron chi connectivity index (χ3n) is 4.19. The number of halogens is 1. The number of aromatic nitrogens is 2. The van der Waals surface area contributed by atoms with E-state index in [1.54, 1.807) is 0 Å². The third-order valence-corrected chi connectivity index (χ3v) is 4.58. The molecular weight excluding hydrogens is 268 g/mol. The van der Waals surface area contributed by atoms with E-state index in [-0.39, 0.29) is 0 Å². The first-order valence-corrected chi connectivity index (χ1v) is 7.80. The lowest BCUT2D eigenvalue weighted by Crippen LogP contribution is -2.03. The van der Waals surface area contributed by atoms with Crippen LogP contribution in [0.2, 0.25) is 5.15 Å². The standard InChI is InChI=1S/C17H21ClN2/c1-11-9-12(2)16(13(3)10-11)20-17(18)14-7-5-4-6-8-15(14)19-20/h9-10H,4-8H2,1-3H3. The van der Waals surface area contributed by atoms with Crippen LogP contribution in [0.25, 0.3) is 5.69 Å². The van der Waals surface area contributed by atoms with Crippen LogP contribution >= 0.6 is 11.6 Å². The molecule has 3 heteroatoms. The first-order chi connectivity index (χ1) is 9.58. The molecule has 1 aromatic carbocycles. The summed E-state index contributed by atoms with van der Waals surface area (Å²) in [5, 5.41) is 5.63.